The van der Waals surface area contributed by atoms with Crippen molar-refractivity contribution in [2.75, 3.05) is 19.8 Å². The predicted molar refractivity (Wildman–Crippen MR) is 102 cm³/mol. The van der Waals surface area contributed by atoms with Gasteiger partial charge in [-0.25, -0.2) is 9.78 Å². The molecule has 2 aromatic rings. The molecule has 3 rings (SSSR count). The first-order valence-electron chi connectivity index (χ1n) is 9.32. The van der Waals surface area contributed by atoms with Crippen molar-refractivity contribution in [3.05, 3.63) is 27.1 Å². The molecule has 2 atom stereocenters. The highest BCUT2D eigenvalue weighted by Gasteiger charge is 2.26. The molecule has 0 saturated carbocycles. The summed E-state index contributed by atoms with van der Waals surface area (Å²) >= 11 is 1.62. The summed E-state index contributed by atoms with van der Waals surface area (Å²) in [5.74, 6) is 0.231. The summed E-state index contributed by atoms with van der Waals surface area (Å²) < 4.78 is 11.9. The van der Waals surface area contributed by atoms with Gasteiger partial charge in [-0.1, -0.05) is 13.8 Å². The van der Waals surface area contributed by atoms with E-state index in [-0.39, 0.29) is 12.2 Å². The first kappa shape index (κ1) is 19.0. The molecule has 0 amide bonds. The van der Waals surface area contributed by atoms with Gasteiger partial charge in [0, 0.05) is 11.5 Å². The molecule has 6 nitrogen and oxygen atoms in total. The van der Waals surface area contributed by atoms with Gasteiger partial charge < -0.3 is 9.47 Å². The van der Waals surface area contributed by atoms with Gasteiger partial charge in [0.25, 0.3) is 5.56 Å². The van der Waals surface area contributed by atoms with Crippen LogP contribution in [0.25, 0.3) is 10.2 Å². The average molecular weight is 378 g/mol. The third-order valence-corrected chi connectivity index (χ3v) is 6.07. The fraction of sp³-hybridized carbons (Fsp3) is 0.632. The number of aryl methyl sites for hydroxylation is 1. The van der Waals surface area contributed by atoms with Crippen molar-refractivity contribution >= 4 is 27.5 Å². The zero-order chi connectivity index (χ0) is 18.7. The van der Waals surface area contributed by atoms with E-state index in [0.29, 0.717) is 30.9 Å². The van der Waals surface area contributed by atoms with Crippen LogP contribution < -0.4 is 5.56 Å². The summed E-state index contributed by atoms with van der Waals surface area (Å²) in [6.07, 6.45) is 4.97. The number of aromatic nitrogens is 2. The molecule has 1 aliphatic rings. The predicted octanol–water partition coefficient (Wildman–Crippen LogP) is 3.11. The Morgan fingerprint density at radius 3 is 2.96 bits per heavy atom. The molecule has 0 aliphatic heterocycles. The van der Waals surface area contributed by atoms with Crippen molar-refractivity contribution in [3.8, 4) is 0 Å². The number of hydrogen-bond acceptors (Lipinski definition) is 6. The quantitative estimate of drug-likeness (QED) is 0.547. The second-order valence-electron chi connectivity index (χ2n) is 6.78. The van der Waals surface area contributed by atoms with Crippen LogP contribution in [-0.2, 0) is 27.1 Å². The smallest absolute Gasteiger partial charge is 0.329 e. The van der Waals surface area contributed by atoms with E-state index in [1.165, 1.54) is 15.8 Å². The second kappa shape index (κ2) is 8.31. The van der Waals surface area contributed by atoms with E-state index >= 15 is 0 Å². The fourth-order valence-electron chi connectivity index (χ4n) is 3.48. The van der Waals surface area contributed by atoms with Crippen LogP contribution in [0, 0.1) is 5.92 Å². The van der Waals surface area contributed by atoms with E-state index in [2.05, 4.69) is 11.9 Å². The van der Waals surface area contributed by atoms with Crippen LogP contribution in [-0.4, -0.2) is 35.3 Å². The molecule has 142 valence electrons. The molecular formula is C19H26N2O4S. The number of esters is 1. The van der Waals surface area contributed by atoms with E-state index in [9.17, 15) is 9.59 Å². The molecule has 0 spiro atoms. The average Bonchev–Trinajstić information content (AvgIpc) is 2.99. The lowest BCUT2D eigenvalue weighted by Gasteiger charge is -2.18. The molecule has 0 aromatic carbocycles. The number of ether oxygens (including phenoxy) is 2. The molecule has 7 heteroatoms. The number of nitrogens with zero attached hydrogens (tertiary/aromatic N) is 2. The Kier molecular flexibility index (Phi) is 6.09. The molecule has 0 unspecified atom stereocenters. The number of hydrogen-bond donors (Lipinski definition) is 0. The summed E-state index contributed by atoms with van der Waals surface area (Å²) in [5, 5.41) is 0.694. The van der Waals surface area contributed by atoms with Crippen molar-refractivity contribution in [1.82, 2.24) is 9.55 Å². The molecule has 0 saturated heterocycles. The Morgan fingerprint density at radius 2 is 2.23 bits per heavy atom. The van der Waals surface area contributed by atoms with Gasteiger partial charge in [-0.2, -0.15) is 0 Å². The fourth-order valence-corrected chi connectivity index (χ4v) is 4.83. The maximum Gasteiger partial charge on any atom is 0.329 e. The van der Waals surface area contributed by atoms with Gasteiger partial charge in [0.15, 0.2) is 0 Å². The van der Waals surface area contributed by atoms with Gasteiger partial charge in [-0.15, -0.1) is 11.3 Å². The van der Waals surface area contributed by atoms with E-state index < -0.39 is 12.0 Å². The van der Waals surface area contributed by atoms with Gasteiger partial charge >= 0.3 is 5.97 Å². The molecular weight excluding hydrogens is 352 g/mol. The van der Waals surface area contributed by atoms with Crippen LogP contribution in [0.4, 0.5) is 0 Å². The van der Waals surface area contributed by atoms with Crippen molar-refractivity contribution in [2.24, 2.45) is 5.92 Å². The lowest BCUT2D eigenvalue weighted by molar-refractivity contribution is -0.149. The standard InChI is InChI=1S/C19H26N2O4S/c1-4-14(19(23)25-9-8-24-5-2)21-11-20-17-16(18(21)22)13-7-6-12(3)10-15(13)26-17/h11-12,14H,4-10H2,1-3H3/t12-,14-/m0/s1. The highest BCUT2D eigenvalue weighted by atomic mass is 32.1. The second-order valence-corrected chi connectivity index (χ2v) is 7.86. The summed E-state index contributed by atoms with van der Waals surface area (Å²) in [6.45, 7) is 7.14. The summed E-state index contributed by atoms with van der Waals surface area (Å²) in [4.78, 5) is 32.1. The van der Waals surface area contributed by atoms with Gasteiger partial charge in [-0.05, 0) is 44.1 Å². The molecule has 0 bridgehead atoms. The first-order chi connectivity index (χ1) is 12.6. The summed E-state index contributed by atoms with van der Waals surface area (Å²) in [6, 6.07) is -0.654. The topological polar surface area (TPSA) is 70.4 Å². The van der Waals surface area contributed by atoms with Crippen LogP contribution in [0.5, 0.6) is 0 Å². The zero-order valence-electron chi connectivity index (χ0n) is 15.6. The highest BCUT2D eigenvalue weighted by Crippen LogP contribution is 2.35. The van der Waals surface area contributed by atoms with Gasteiger partial charge in [0.1, 0.15) is 17.5 Å². The number of thiophene rings is 1. The lowest BCUT2D eigenvalue weighted by Crippen LogP contribution is -2.31. The maximum absolute atomic E-state index is 13.1. The highest BCUT2D eigenvalue weighted by molar-refractivity contribution is 7.18. The molecule has 1 aliphatic carbocycles. The summed E-state index contributed by atoms with van der Waals surface area (Å²) in [5.41, 5.74) is 1.00. The first-order valence-corrected chi connectivity index (χ1v) is 10.1. The number of carbonyl (C=O) groups is 1. The number of rotatable bonds is 7. The Hall–Kier alpha value is -1.73. The van der Waals surface area contributed by atoms with Crippen LogP contribution >= 0.6 is 11.3 Å². The van der Waals surface area contributed by atoms with Gasteiger partial charge in [-0.3, -0.25) is 9.36 Å². The lowest BCUT2D eigenvalue weighted by atomic mass is 9.89. The molecule has 0 N–H and O–H groups in total. The van der Waals surface area contributed by atoms with Gasteiger partial charge in [0.05, 0.1) is 18.3 Å². The van der Waals surface area contributed by atoms with E-state index in [1.807, 2.05) is 13.8 Å². The monoisotopic (exact) mass is 378 g/mol. The minimum atomic E-state index is -0.654. The molecule has 2 heterocycles. The van der Waals surface area contributed by atoms with E-state index in [0.717, 1.165) is 29.7 Å². The van der Waals surface area contributed by atoms with Gasteiger partial charge in [0.2, 0.25) is 0 Å². The van der Waals surface area contributed by atoms with Crippen LogP contribution in [0.1, 0.15) is 50.1 Å². The van der Waals surface area contributed by atoms with E-state index in [1.54, 1.807) is 11.3 Å². The molecule has 2 aromatic heterocycles. The number of carbonyl (C=O) groups excluding carboxylic acids is 1. The maximum atomic E-state index is 13.1. The van der Waals surface area contributed by atoms with Crippen LogP contribution in [0.3, 0.4) is 0 Å². The zero-order valence-corrected chi connectivity index (χ0v) is 16.4. The minimum absolute atomic E-state index is 0.129. The Balaban J connectivity index is 1.90. The SMILES string of the molecule is CCOCCOC(=O)[C@H](CC)n1cnc2sc3c(c2c1=O)CC[C@H](C)C3. The number of fused-ring (bicyclic) bond motifs is 3. The van der Waals surface area contributed by atoms with Crippen molar-refractivity contribution in [3.63, 3.8) is 0 Å². The minimum Gasteiger partial charge on any atom is -0.462 e. The molecule has 26 heavy (non-hydrogen) atoms. The largest absolute Gasteiger partial charge is 0.462 e. The third kappa shape index (κ3) is 3.69. The normalized spacial score (nSPS) is 17.9. The Morgan fingerprint density at radius 1 is 1.42 bits per heavy atom. The summed E-state index contributed by atoms with van der Waals surface area (Å²) in [7, 11) is 0. The van der Waals surface area contributed by atoms with Crippen LogP contribution in [0.2, 0.25) is 0 Å². The van der Waals surface area contributed by atoms with Crippen molar-refractivity contribution in [2.45, 2.75) is 52.5 Å². The van der Waals surface area contributed by atoms with Crippen molar-refractivity contribution < 1.29 is 14.3 Å². The van der Waals surface area contributed by atoms with Crippen molar-refractivity contribution in [1.29, 1.82) is 0 Å². The van der Waals surface area contributed by atoms with Crippen LogP contribution in [0.15, 0.2) is 11.1 Å². The molecule has 0 radical (unpaired) electrons. The Labute approximate surface area is 157 Å². The third-order valence-electron chi connectivity index (χ3n) is 4.91. The molecule has 0 fully saturated rings. The Bertz CT molecular complexity index is 842. The van der Waals surface area contributed by atoms with E-state index in [4.69, 9.17) is 9.47 Å².